The number of amides is 2. The van der Waals surface area contributed by atoms with E-state index in [0.717, 1.165) is 36.6 Å². The van der Waals surface area contributed by atoms with Crippen molar-refractivity contribution in [3.05, 3.63) is 45.5 Å². The van der Waals surface area contributed by atoms with Gasteiger partial charge >= 0.3 is 6.03 Å². The molecule has 116 valence electrons. The van der Waals surface area contributed by atoms with Gasteiger partial charge in [0.2, 0.25) is 0 Å². The summed E-state index contributed by atoms with van der Waals surface area (Å²) in [6.07, 6.45) is 2.04. The van der Waals surface area contributed by atoms with Gasteiger partial charge in [0.25, 0.3) is 0 Å². The molecule has 2 amide bonds. The van der Waals surface area contributed by atoms with Gasteiger partial charge in [-0.3, -0.25) is 0 Å². The number of fused-ring (bicyclic) bond motifs is 1. The largest absolute Gasteiger partial charge is 0.334 e. The Balaban J connectivity index is 1.49. The molecule has 0 spiro atoms. The van der Waals surface area contributed by atoms with Crippen LogP contribution >= 0.6 is 23.2 Å². The lowest BCUT2D eigenvalue weighted by molar-refractivity contribution is 0.239. The molecule has 0 fully saturated rings. The zero-order chi connectivity index (χ0) is 15.5. The van der Waals surface area contributed by atoms with E-state index in [1.165, 1.54) is 0 Å². The van der Waals surface area contributed by atoms with Gasteiger partial charge in [-0.25, -0.2) is 4.79 Å². The second-order valence-corrected chi connectivity index (χ2v) is 5.89. The number of benzene rings is 1. The van der Waals surface area contributed by atoms with E-state index in [1.54, 1.807) is 12.1 Å². The molecule has 22 heavy (non-hydrogen) atoms. The number of rotatable bonds is 4. The highest BCUT2D eigenvalue weighted by Crippen LogP contribution is 2.22. The van der Waals surface area contributed by atoms with Crippen molar-refractivity contribution < 1.29 is 4.79 Å². The van der Waals surface area contributed by atoms with Gasteiger partial charge in [-0.1, -0.05) is 29.3 Å². The van der Waals surface area contributed by atoms with E-state index in [2.05, 4.69) is 25.4 Å². The molecule has 3 rings (SSSR count). The lowest BCUT2D eigenvalue weighted by Crippen LogP contribution is -2.35. The molecule has 1 aromatic carbocycles. The maximum absolute atomic E-state index is 11.8. The van der Waals surface area contributed by atoms with Crippen LogP contribution in [-0.4, -0.2) is 20.8 Å². The molecule has 0 saturated heterocycles. The van der Waals surface area contributed by atoms with E-state index in [0.29, 0.717) is 23.1 Å². The maximum atomic E-state index is 11.8. The fourth-order valence-corrected chi connectivity index (χ4v) is 2.72. The lowest BCUT2D eigenvalue weighted by atomic mass is 10.2. The Morgan fingerprint density at radius 1 is 1.18 bits per heavy atom. The number of halogens is 2. The second kappa shape index (κ2) is 6.54. The Bertz CT molecular complexity index is 701. The molecule has 2 aromatic rings. The smallest absolute Gasteiger partial charge is 0.315 e. The van der Waals surface area contributed by atoms with Crippen molar-refractivity contribution >= 4 is 29.2 Å². The van der Waals surface area contributed by atoms with Crippen LogP contribution in [0.15, 0.2) is 18.2 Å². The Kier molecular flexibility index (Phi) is 4.49. The van der Waals surface area contributed by atoms with E-state index in [1.807, 2.05) is 6.07 Å². The molecule has 2 heterocycles. The van der Waals surface area contributed by atoms with Gasteiger partial charge in [0, 0.05) is 19.5 Å². The molecule has 0 aliphatic carbocycles. The maximum Gasteiger partial charge on any atom is 0.315 e. The zero-order valence-corrected chi connectivity index (χ0v) is 13.3. The summed E-state index contributed by atoms with van der Waals surface area (Å²) in [5.74, 6) is 1.78. The molecule has 1 aromatic heterocycles. The Labute approximate surface area is 137 Å². The molecule has 0 atom stereocenters. The van der Waals surface area contributed by atoms with Crippen molar-refractivity contribution in [3.63, 3.8) is 0 Å². The summed E-state index contributed by atoms with van der Waals surface area (Å²) in [4.78, 5) is 11.8. The van der Waals surface area contributed by atoms with Gasteiger partial charge in [0.1, 0.15) is 5.82 Å². The van der Waals surface area contributed by atoms with Gasteiger partial charge in [0.05, 0.1) is 16.6 Å². The molecular weight excluding hydrogens is 325 g/mol. The lowest BCUT2D eigenvalue weighted by Gasteiger charge is -2.08. The van der Waals surface area contributed by atoms with Crippen LogP contribution in [0.4, 0.5) is 4.79 Å². The summed E-state index contributed by atoms with van der Waals surface area (Å²) in [6.45, 7) is 1.66. The Hall–Kier alpha value is -1.79. The number of carbonyl (C=O) groups excluding carboxylic acids is 1. The SMILES string of the molecule is O=C(NCc1ccc(Cl)c(Cl)c1)NCc1nnc2n1CCC2. The monoisotopic (exact) mass is 339 g/mol. The molecule has 0 saturated carbocycles. The van der Waals surface area contributed by atoms with Crippen molar-refractivity contribution in [1.29, 1.82) is 0 Å². The van der Waals surface area contributed by atoms with Crippen molar-refractivity contribution in [2.75, 3.05) is 0 Å². The van der Waals surface area contributed by atoms with E-state index in [9.17, 15) is 4.79 Å². The number of urea groups is 1. The standard InChI is InChI=1S/C14H15Cl2N5O/c15-10-4-3-9(6-11(10)16)7-17-14(22)18-8-13-20-19-12-2-1-5-21(12)13/h3-4,6H,1-2,5,7-8H2,(H2,17,18,22). The Morgan fingerprint density at radius 2 is 2.00 bits per heavy atom. The second-order valence-electron chi connectivity index (χ2n) is 5.07. The van der Waals surface area contributed by atoms with Crippen LogP contribution in [-0.2, 0) is 26.1 Å². The first kappa shape index (κ1) is 15.1. The number of hydrogen-bond donors (Lipinski definition) is 2. The predicted octanol–water partition coefficient (Wildman–Crippen LogP) is 2.53. The van der Waals surface area contributed by atoms with Crippen LogP contribution in [0.25, 0.3) is 0 Å². The van der Waals surface area contributed by atoms with E-state index in [4.69, 9.17) is 23.2 Å². The third kappa shape index (κ3) is 3.34. The third-order valence-corrected chi connectivity index (χ3v) is 4.27. The number of hydrogen-bond acceptors (Lipinski definition) is 3. The molecule has 6 nitrogen and oxygen atoms in total. The molecule has 0 unspecified atom stereocenters. The van der Waals surface area contributed by atoms with Gasteiger partial charge in [-0.05, 0) is 24.1 Å². The fraction of sp³-hybridized carbons (Fsp3) is 0.357. The molecular formula is C14H15Cl2N5O. The average Bonchev–Trinajstić information content (AvgIpc) is 3.10. The van der Waals surface area contributed by atoms with E-state index < -0.39 is 0 Å². The fourth-order valence-electron chi connectivity index (χ4n) is 2.40. The molecule has 0 bridgehead atoms. The first-order valence-corrected chi connectivity index (χ1v) is 7.75. The van der Waals surface area contributed by atoms with Crippen LogP contribution < -0.4 is 10.6 Å². The normalized spacial score (nSPS) is 13.0. The quantitative estimate of drug-likeness (QED) is 0.898. The summed E-state index contributed by atoms with van der Waals surface area (Å²) >= 11 is 11.8. The van der Waals surface area contributed by atoms with Crippen LogP contribution in [0.5, 0.6) is 0 Å². The molecule has 0 radical (unpaired) electrons. The molecule has 1 aliphatic heterocycles. The highest BCUT2D eigenvalue weighted by atomic mass is 35.5. The zero-order valence-electron chi connectivity index (χ0n) is 11.8. The molecule has 1 aliphatic rings. The van der Waals surface area contributed by atoms with Crippen LogP contribution in [0.3, 0.4) is 0 Å². The molecule has 8 heteroatoms. The first-order valence-electron chi connectivity index (χ1n) is 7.00. The minimum absolute atomic E-state index is 0.263. The van der Waals surface area contributed by atoms with Gasteiger partial charge in [-0.15, -0.1) is 10.2 Å². The average molecular weight is 340 g/mol. The Morgan fingerprint density at radius 3 is 2.82 bits per heavy atom. The summed E-state index contributed by atoms with van der Waals surface area (Å²) in [6, 6.07) is 5.00. The predicted molar refractivity (Wildman–Crippen MR) is 83.9 cm³/mol. The number of aromatic nitrogens is 3. The summed E-state index contributed by atoms with van der Waals surface area (Å²) in [5, 5.41) is 14.7. The topological polar surface area (TPSA) is 71.8 Å². The van der Waals surface area contributed by atoms with Crippen LogP contribution in [0.2, 0.25) is 10.0 Å². The minimum atomic E-state index is -0.263. The number of carbonyl (C=O) groups is 1. The van der Waals surface area contributed by atoms with Crippen molar-refractivity contribution in [2.24, 2.45) is 0 Å². The van der Waals surface area contributed by atoms with Crippen molar-refractivity contribution in [2.45, 2.75) is 32.5 Å². The van der Waals surface area contributed by atoms with E-state index in [-0.39, 0.29) is 6.03 Å². The van der Waals surface area contributed by atoms with Crippen molar-refractivity contribution in [3.8, 4) is 0 Å². The van der Waals surface area contributed by atoms with Crippen LogP contribution in [0.1, 0.15) is 23.6 Å². The summed E-state index contributed by atoms with van der Waals surface area (Å²) in [5.41, 5.74) is 0.882. The first-order chi connectivity index (χ1) is 10.6. The van der Waals surface area contributed by atoms with Crippen LogP contribution in [0, 0.1) is 0 Å². The molecule has 2 N–H and O–H groups in total. The van der Waals surface area contributed by atoms with E-state index >= 15 is 0 Å². The van der Waals surface area contributed by atoms with Gasteiger partial charge < -0.3 is 15.2 Å². The van der Waals surface area contributed by atoms with Gasteiger partial charge in [0.15, 0.2) is 5.82 Å². The number of nitrogens with one attached hydrogen (secondary N) is 2. The van der Waals surface area contributed by atoms with Crippen molar-refractivity contribution in [1.82, 2.24) is 25.4 Å². The summed E-state index contributed by atoms with van der Waals surface area (Å²) < 4.78 is 2.05. The van der Waals surface area contributed by atoms with Gasteiger partial charge in [-0.2, -0.15) is 0 Å². The number of nitrogens with zero attached hydrogens (tertiary/aromatic N) is 3. The highest BCUT2D eigenvalue weighted by molar-refractivity contribution is 6.42. The number of aryl methyl sites for hydroxylation is 1. The highest BCUT2D eigenvalue weighted by Gasteiger charge is 2.17. The summed E-state index contributed by atoms with van der Waals surface area (Å²) in [7, 11) is 0. The minimum Gasteiger partial charge on any atom is -0.334 e. The third-order valence-electron chi connectivity index (χ3n) is 3.53.